The van der Waals surface area contributed by atoms with E-state index in [-0.39, 0.29) is 31.6 Å². The maximum Gasteiger partial charge on any atom is 0.306 e. The minimum atomic E-state index is -0.841. The highest BCUT2D eigenvalue weighted by Crippen LogP contribution is 2.14. The monoisotopic (exact) mass is 1030 g/mol. The average Bonchev–Trinajstić information content (AvgIpc) is 3.41. The van der Waals surface area contributed by atoms with Crippen molar-refractivity contribution in [1.29, 1.82) is 0 Å². The number of ether oxygens (including phenoxy) is 3. The maximum atomic E-state index is 12.9. The Hall–Kier alpha value is -4.71. The average molecular weight is 1040 g/mol. The fourth-order valence-corrected chi connectivity index (χ4v) is 7.78. The minimum absolute atomic E-state index is 0.126. The number of rotatable bonds is 53. The predicted molar refractivity (Wildman–Crippen MR) is 325 cm³/mol. The van der Waals surface area contributed by atoms with Gasteiger partial charge in [0.2, 0.25) is 0 Å². The number of hydrogen-bond acceptors (Lipinski definition) is 6. The zero-order valence-corrected chi connectivity index (χ0v) is 48.3. The third-order valence-electron chi connectivity index (χ3n) is 12.3. The van der Waals surface area contributed by atoms with E-state index in [9.17, 15) is 14.4 Å². The smallest absolute Gasteiger partial charge is 0.306 e. The van der Waals surface area contributed by atoms with Gasteiger partial charge in [-0.3, -0.25) is 14.4 Å². The van der Waals surface area contributed by atoms with Gasteiger partial charge in [-0.15, -0.1) is 0 Å². The molecule has 0 aromatic carbocycles. The van der Waals surface area contributed by atoms with Crippen molar-refractivity contribution in [3.8, 4) is 0 Å². The van der Waals surface area contributed by atoms with Crippen molar-refractivity contribution < 1.29 is 28.6 Å². The molecule has 0 aliphatic carbocycles. The first-order chi connectivity index (χ1) is 37.0. The molecule has 0 heterocycles. The van der Waals surface area contributed by atoms with Crippen LogP contribution in [0, 0.1) is 0 Å². The number of carbonyl (C=O) groups excluding carboxylic acids is 3. The van der Waals surface area contributed by atoms with Crippen molar-refractivity contribution in [2.75, 3.05) is 13.2 Å². The molecule has 6 heteroatoms. The minimum Gasteiger partial charge on any atom is -0.462 e. The standard InChI is InChI=1S/C69H110O6/c1-4-7-10-13-16-19-22-25-28-31-34-37-40-43-46-49-52-55-58-61-67(70)73-64-66(75-69(72)63-60-57-54-51-48-45-42-39-36-33-30-27-24-21-18-15-12-9-6-3)65-74-68(71)62-59-56-53-50-47-44-41-38-35-32-29-26-23-20-17-14-11-8-5-2/h9,12,16-21,25-30,34,36-37,39,43,45-46,48,54,57,66H,4-8,10-11,13-15,22-24,31-33,35,38,40-42,44,47,49-53,55-56,58-65H2,1-3H3/b12-9-,19-16-,20-17-,21-18-,28-25-,29-26-,30-27-,37-34-,39-36-,46-43-,48-45-,57-54-/t66-/m1/s1. The van der Waals surface area contributed by atoms with Gasteiger partial charge in [-0.05, 0) is 135 Å². The molecule has 6 nitrogen and oxygen atoms in total. The molecule has 0 amide bonds. The Morgan fingerprint density at radius 2 is 0.547 bits per heavy atom. The summed E-state index contributed by atoms with van der Waals surface area (Å²) in [6, 6.07) is 0. The van der Waals surface area contributed by atoms with Gasteiger partial charge in [-0.25, -0.2) is 0 Å². The molecule has 422 valence electrons. The first-order valence-corrected chi connectivity index (χ1v) is 30.3. The highest BCUT2D eigenvalue weighted by atomic mass is 16.6. The Labute approximate surface area is 461 Å². The molecule has 0 unspecified atom stereocenters. The van der Waals surface area contributed by atoms with Crippen molar-refractivity contribution in [2.45, 2.75) is 258 Å². The van der Waals surface area contributed by atoms with E-state index < -0.39 is 12.1 Å². The van der Waals surface area contributed by atoms with Crippen molar-refractivity contribution in [3.63, 3.8) is 0 Å². The summed E-state index contributed by atoms with van der Waals surface area (Å²) in [5.41, 5.74) is 0. The summed E-state index contributed by atoms with van der Waals surface area (Å²) in [6.45, 7) is 6.38. The summed E-state index contributed by atoms with van der Waals surface area (Å²) < 4.78 is 16.8. The van der Waals surface area contributed by atoms with Crippen molar-refractivity contribution in [3.05, 3.63) is 146 Å². The van der Waals surface area contributed by atoms with Gasteiger partial charge in [0.05, 0.1) is 0 Å². The van der Waals surface area contributed by atoms with Crippen LogP contribution in [0.1, 0.15) is 252 Å². The molecule has 0 radical (unpaired) electrons. The fraction of sp³-hybridized carbons (Fsp3) is 0.609. The lowest BCUT2D eigenvalue weighted by Crippen LogP contribution is -2.30. The van der Waals surface area contributed by atoms with Gasteiger partial charge >= 0.3 is 17.9 Å². The first kappa shape index (κ1) is 70.3. The predicted octanol–water partition coefficient (Wildman–Crippen LogP) is 20.8. The molecule has 75 heavy (non-hydrogen) atoms. The van der Waals surface area contributed by atoms with Crippen LogP contribution < -0.4 is 0 Å². The zero-order valence-electron chi connectivity index (χ0n) is 48.3. The van der Waals surface area contributed by atoms with Crippen LogP contribution in [0.3, 0.4) is 0 Å². The van der Waals surface area contributed by atoms with Gasteiger partial charge < -0.3 is 14.2 Å². The molecule has 0 aliphatic rings. The Balaban J connectivity index is 4.59. The number of hydrogen-bond donors (Lipinski definition) is 0. The van der Waals surface area contributed by atoms with Crippen molar-refractivity contribution in [1.82, 2.24) is 0 Å². The largest absolute Gasteiger partial charge is 0.462 e. The van der Waals surface area contributed by atoms with Gasteiger partial charge in [0, 0.05) is 19.3 Å². The lowest BCUT2D eigenvalue weighted by molar-refractivity contribution is -0.166. The third kappa shape index (κ3) is 60.0. The Morgan fingerprint density at radius 1 is 0.280 bits per heavy atom. The first-order valence-electron chi connectivity index (χ1n) is 30.3. The summed E-state index contributed by atoms with van der Waals surface area (Å²) in [6.07, 6.45) is 88.5. The van der Waals surface area contributed by atoms with E-state index >= 15 is 0 Å². The van der Waals surface area contributed by atoms with E-state index in [2.05, 4.69) is 154 Å². The lowest BCUT2D eigenvalue weighted by Gasteiger charge is -2.18. The Morgan fingerprint density at radius 3 is 0.880 bits per heavy atom. The molecule has 0 rings (SSSR count). The molecule has 0 bridgehead atoms. The summed E-state index contributed by atoms with van der Waals surface area (Å²) in [7, 11) is 0. The fourth-order valence-electron chi connectivity index (χ4n) is 7.78. The lowest BCUT2D eigenvalue weighted by atomic mass is 10.1. The molecule has 1 atom stereocenters. The number of carbonyl (C=O) groups is 3. The normalized spacial score (nSPS) is 13.2. The van der Waals surface area contributed by atoms with Gasteiger partial charge in [-0.1, -0.05) is 244 Å². The van der Waals surface area contributed by atoms with E-state index in [1.54, 1.807) is 0 Å². The van der Waals surface area contributed by atoms with Crippen LogP contribution in [-0.2, 0) is 28.6 Å². The molecule has 0 aromatic heterocycles. The second-order valence-electron chi connectivity index (χ2n) is 19.5. The van der Waals surface area contributed by atoms with E-state index in [1.807, 2.05) is 12.2 Å². The molecule has 0 N–H and O–H groups in total. The van der Waals surface area contributed by atoms with E-state index in [4.69, 9.17) is 14.2 Å². The molecule has 0 fully saturated rings. The SMILES string of the molecule is CC/C=C\C/C=C\C/C=C\C/C=C\C/C=C\C/C=C\CCC(=O)O[C@H](COC(=O)CCCCC/C=C\C/C=C\C/C=C\C/C=C\CCCCC)COC(=O)CCCCCCCCCCC/C=C\C/C=C\CCCCC. The Kier molecular flexibility index (Phi) is 58.0. The van der Waals surface area contributed by atoms with Gasteiger partial charge in [0.1, 0.15) is 13.2 Å². The molecule has 0 saturated heterocycles. The van der Waals surface area contributed by atoms with Crippen LogP contribution in [0.5, 0.6) is 0 Å². The summed E-state index contributed by atoms with van der Waals surface area (Å²) in [4.78, 5) is 38.2. The topological polar surface area (TPSA) is 78.9 Å². The molecule has 0 aromatic rings. The maximum absolute atomic E-state index is 12.9. The van der Waals surface area contributed by atoms with Crippen molar-refractivity contribution in [2.24, 2.45) is 0 Å². The van der Waals surface area contributed by atoms with E-state index in [0.29, 0.717) is 19.3 Å². The third-order valence-corrected chi connectivity index (χ3v) is 12.3. The second-order valence-corrected chi connectivity index (χ2v) is 19.5. The number of esters is 3. The highest BCUT2D eigenvalue weighted by molar-refractivity contribution is 5.71. The molecular weight excluding hydrogens is 925 g/mol. The van der Waals surface area contributed by atoms with Crippen LogP contribution in [0.25, 0.3) is 0 Å². The molecule has 0 spiro atoms. The van der Waals surface area contributed by atoms with Gasteiger partial charge in [0.25, 0.3) is 0 Å². The second kappa shape index (κ2) is 61.8. The van der Waals surface area contributed by atoms with Crippen LogP contribution >= 0.6 is 0 Å². The van der Waals surface area contributed by atoms with Gasteiger partial charge in [-0.2, -0.15) is 0 Å². The number of allylic oxidation sites excluding steroid dienone is 24. The number of unbranched alkanes of at least 4 members (excludes halogenated alkanes) is 18. The van der Waals surface area contributed by atoms with Crippen LogP contribution in [0.15, 0.2) is 146 Å². The summed E-state index contributed by atoms with van der Waals surface area (Å²) in [5, 5.41) is 0. The zero-order chi connectivity index (χ0) is 54.3. The highest BCUT2D eigenvalue weighted by Gasteiger charge is 2.19. The van der Waals surface area contributed by atoms with E-state index in [0.717, 1.165) is 109 Å². The quantitative estimate of drug-likeness (QED) is 0.0261. The van der Waals surface area contributed by atoms with E-state index in [1.165, 1.54) is 96.3 Å². The summed E-state index contributed by atoms with van der Waals surface area (Å²) >= 11 is 0. The molecular formula is C69H110O6. The van der Waals surface area contributed by atoms with Crippen molar-refractivity contribution >= 4 is 17.9 Å². The van der Waals surface area contributed by atoms with Crippen LogP contribution in [-0.4, -0.2) is 37.2 Å². The van der Waals surface area contributed by atoms with Crippen LogP contribution in [0.4, 0.5) is 0 Å². The van der Waals surface area contributed by atoms with Crippen LogP contribution in [0.2, 0.25) is 0 Å². The summed E-state index contributed by atoms with van der Waals surface area (Å²) in [5.74, 6) is -1.05. The molecule has 0 saturated carbocycles. The molecule has 0 aliphatic heterocycles. The van der Waals surface area contributed by atoms with Gasteiger partial charge in [0.15, 0.2) is 6.10 Å². The Bertz CT molecular complexity index is 1660.